The summed E-state index contributed by atoms with van der Waals surface area (Å²) in [6.45, 7) is 3.71. The molecule has 1 saturated carbocycles. The highest BCUT2D eigenvalue weighted by atomic mass is 32.2. The lowest BCUT2D eigenvalue weighted by Gasteiger charge is -2.16. The van der Waals surface area contributed by atoms with Gasteiger partial charge in [-0.3, -0.25) is 0 Å². The second-order valence-corrected chi connectivity index (χ2v) is 6.38. The summed E-state index contributed by atoms with van der Waals surface area (Å²) in [7, 11) is -2.94. The molecule has 0 unspecified atom stereocenters. The van der Waals surface area contributed by atoms with Crippen LogP contribution < -0.4 is 5.73 Å². The van der Waals surface area contributed by atoms with Gasteiger partial charge in [0.25, 0.3) is 0 Å². The van der Waals surface area contributed by atoms with Gasteiger partial charge in [0.2, 0.25) is 0 Å². The smallest absolute Gasteiger partial charge is 0.159 e. The molecule has 0 spiro atoms. The third kappa shape index (κ3) is 1.18. The predicted molar refractivity (Wildman–Crippen MR) is 45.1 cm³/mol. The normalized spacial score (nSPS) is 22.2. The summed E-state index contributed by atoms with van der Waals surface area (Å²) in [6.07, 6.45) is 1.51. The molecule has 3 nitrogen and oxygen atoms in total. The van der Waals surface area contributed by atoms with Gasteiger partial charge in [-0.2, -0.15) is 0 Å². The Hall–Kier alpha value is -0.0900. The van der Waals surface area contributed by atoms with E-state index in [0.29, 0.717) is 0 Å². The van der Waals surface area contributed by atoms with Crippen molar-refractivity contribution >= 4 is 9.84 Å². The first-order valence-electron chi connectivity index (χ1n) is 3.90. The van der Waals surface area contributed by atoms with Gasteiger partial charge in [-0.05, 0) is 26.7 Å². The molecule has 1 fully saturated rings. The van der Waals surface area contributed by atoms with Crippen LogP contribution >= 0.6 is 0 Å². The molecule has 0 radical (unpaired) electrons. The number of hydrogen-bond acceptors (Lipinski definition) is 3. The molecule has 0 atom stereocenters. The van der Waals surface area contributed by atoms with Crippen molar-refractivity contribution in [1.82, 2.24) is 0 Å². The molecular weight excluding hydrogens is 162 g/mol. The van der Waals surface area contributed by atoms with E-state index in [9.17, 15) is 8.42 Å². The minimum Gasteiger partial charge on any atom is -0.329 e. The summed E-state index contributed by atoms with van der Waals surface area (Å²) < 4.78 is 22.6. The Bertz CT molecular complexity index is 239. The van der Waals surface area contributed by atoms with E-state index in [2.05, 4.69) is 0 Å². The first-order chi connectivity index (χ1) is 4.96. The maximum Gasteiger partial charge on any atom is 0.159 e. The van der Waals surface area contributed by atoms with E-state index in [1.165, 1.54) is 0 Å². The lowest BCUT2D eigenvalue weighted by Crippen LogP contribution is -2.36. The van der Waals surface area contributed by atoms with Crippen LogP contribution in [0.1, 0.15) is 26.7 Å². The lowest BCUT2D eigenvalue weighted by molar-refractivity contribution is 0.568. The molecule has 0 aliphatic heterocycles. The molecule has 2 N–H and O–H groups in total. The fourth-order valence-corrected chi connectivity index (χ4v) is 3.15. The predicted octanol–water partition coefficient (Wildman–Crippen LogP) is 0.301. The number of nitrogens with two attached hydrogens (primary N) is 1. The Morgan fingerprint density at radius 1 is 1.45 bits per heavy atom. The minimum atomic E-state index is -2.94. The lowest BCUT2D eigenvalue weighted by atomic mass is 10.4. The molecule has 66 valence electrons. The highest BCUT2D eigenvalue weighted by Crippen LogP contribution is 2.44. The number of rotatable bonds is 3. The third-order valence-corrected chi connectivity index (χ3v) is 5.43. The zero-order chi connectivity index (χ0) is 8.70. The van der Waals surface area contributed by atoms with E-state index in [1.807, 2.05) is 0 Å². The molecule has 1 aliphatic carbocycles. The van der Waals surface area contributed by atoms with E-state index < -0.39 is 14.6 Å². The molecule has 0 aromatic carbocycles. The first-order valence-corrected chi connectivity index (χ1v) is 5.44. The van der Waals surface area contributed by atoms with Crippen LogP contribution in [0.2, 0.25) is 0 Å². The standard InChI is InChI=1S/C7H15NO2S/c1-6(2)11(9,10)7(5-8)3-4-7/h6H,3-5,8H2,1-2H3. The molecule has 0 aromatic heterocycles. The number of hydrogen-bond donors (Lipinski definition) is 1. The Labute approximate surface area is 67.9 Å². The molecule has 0 aromatic rings. The van der Waals surface area contributed by atoms with Gasteiger partial charge in [0.15, 0.2) is 9.84 Å². The summed E-state index contributed by atoms with van der Waals surface area (Å²) in [5.41, 5.74) is 5.41. The number of sulfone groups is 1. The van der Waals surface area contributed by atoms with E-state index in [-0.39, 0.29) is 11.8 Å². The van der Waals surface area contributed by atoms with Gasteiger partial charge in [-0.1, -0.05) is 0 Å². The molecular formula is C7H15NO2S. The van der Waals surface area contributed by atoms with Crippen LogP contribution in [0.5, 0.6) is 0 Å². The average Bonchev–Trinajstić information content (AvgIpc) is 2.66. The van der Waals surface area contributed by atoms with Crippen molar-refractivity contribution in [3.8, 4) is 0 Å². The zero-order valence-electron chi connectivity index (χ0n) is 7.00. The van der Waals surface area contributed by atoms with Crippen molar-refractivity contribution in [2.24, 2.45) is 5.73 Å². The van der Waals surface area contributed by atoms with Gasteiger partial charge in [-0.15, -0.1) is 0 Å². The monoisotopic (exact) mass is 177 g/mol. The van der Waals surface area contributed by atoms with Gasteiger partial charge in [0.05, 0.1) is 10.00 Å². The van der Waals surface area contributed by atoms with Crippen LogP contribution in [-0.2, 0) is 9.84 Å². The summed E-state index contributed by atoms with van der Waals surface area (Å²) in [5, 5.41) is -0.284. The highest BCUT2D eigenvalue weighted by molar-refractivity contribution is 7.93. The van der Waals surface area contributed by atoms with E-state index in [4.69, 9.17) is 5.73 Å². The largest absolute Gasteiger partial charge is 0.329 e. The minimum absolute atomic E-state index is 0.284. The van der Waals surface area contributed by atoms with Crippen molar-refractivity contribution in [3.05, 3.63) is 0 Å². The maximum atomic E-state index is 11.6. The van der Waals surface area contributed by atoms with Crippen molar-refractivity contribution in [3.63, 3.8) is 0 Å². The molecule has 0 amide bonds. The van der Waals surface area contributed by atoms with Gasteiger partial charge >= 0.3 is 0 Å². The fraction of sp³-hybridized carbons (Fsp3) is 1.00. The summed E-state index contributed by atoms with van der Waals surface area (Å²) in [4.78, 5) is 0. The Morgan fingerprint density at radius 2 is 1.91 bits per heavy atom. The van der Waals surface area contributed by atoms with Crippen molar-refractivity contribution in [1.29, 1.82) is 0 Å². The van der Waals surface area contributed by atoms with Gasteiger partial charge in [0.1, 0.15) is 0 Å². The molecule has 1 aliphatic rings. The molecule has 0 bridgehead atoms. The summed E-state index contributed by atoms with van der Waals surface area (Å²) in [5.74, 6) is 0. The fourth-order valence-electron chi connectivity index (χ4n) is 1.24. The Balaban J connectivity index is 2.90. The van der Waals surface area contributed by atoms with E-state index in [0.717, 1.165) is 12.8 Å². The molecule has 11 heavy (non-hydrogen) atoms. The summed E-state index contributed by atoms with van der Waals surface area (Å²) >= 11 is 0. The van der Waals surface area contributed by atoms with E-state index >= 15 is 0 Å². The Morgan fingerprint density at radius 3 is 2.00 bits per heavy atom. The van der Waals surface area contributed by atoms with Crippen molar-refractivity contribution < 1.29 is 8.42 Å². The second kappa shape index (κ2) is 2.45. The van der Waals surface area contributed by atoms with Crippen LogP contribution in [0.25, 0.3) is 0 Å². The SMILES string of the molecule is CC(C)S(=O)(=O)C1(CN)CC1. The summed E-state index contributed by atoms with van der Waals surface area (Å²) in [6, 6.07) is 0. The zero-order valence-corrected chi connectivity index (χ0v) is 7.82. The molecule has 0 saturated heterocycles. The van der Waals surface area contributed by atoms with Gasteiger partial charge in [-0.25, -0.2) is 8.42 Å². The molecule has 0 heterocycles. The maximum absolute atomic E-state index is 11.6. The Kier molecular flexibility index (Phi) is 2.01. The highest BCUT2D eigenvalue weighted by Gasteiger charge is 2.53. The third-order valence-electron chi connectivity index (χ3n) is 2.40. The average molecular weight is 177 g/mol. The second-order valence-electron chi connectivity index (χ2n) is 3.48. The quantitative estimate of drug-likeness (QED) is 0.674. The molecule has 4 heteroatoms. The molecule has 1 rings (SSSR count). The van der Waals surface area contributed by atoms with Gasteiger partial charge in [0, 0.05) is 6.54 Å². The van der Waals surface area contributed by atoms with Crippen molar-refractivity contribution in [2.45, 2.75) is 36.7 Å². The van der Waals surface area contributed by atoms with Gasteiger partial charge < -0.3 is 5.73 Å². The van der Waals surface area contributed by atoms with Crippen LogP contribution in [0.15, 0.2) is 0 Å². The van der Waals surface area contributed by atoms with Crippen LogP contribution in [-0.4, -0.2) is 25.0 Å². The van der Waals surface area contributed by atoms with Crippen molar-refractivity contribution in [2.75, 3.05) is 6.54 Å². The van der Waals surface area contributed by atoms with Crippen LogP contribution in [0.3, 0.4) is 0 Å². The topological polar surface area (TPSA) is 60.2 Å². The van der Waals surface area contributed by atoms with E-state index in [1.54, 1.807) is 13.8 Å². The van der Waals surface area contributed by atoms with Crippen LogP contribution in [0, 0.1) is 0 Å². The van der Waals surface area contributed by atoms with Crippen LogP contribution in [0.4, 0.5) is 0 Å². The first kappa shape index (κ1) is 9.00.